The number of ether oxygens (including phenoxy) is 1. The highest BCUT2D eigenvalue weighted by atomic mass is 19.1. The number of fused-ring (bicyclic) bond motifs is 1. The molecule has 0 saturated carbocycles. The highest BCUT2D eigenvalue weighted by Gasteiger charge is 2.23. The van der Waals surface area contributed by atoms with Gasteiger partial charge in [0.05, 0.1) is 18.5 Å². The van der Waals surface area contributed by atoms with Gasteiger partial charge in [0, 0.05) is 29.0 Å². The molecule has 144 valence electrons. The van der Waals surface area contributed by atoms with Crippen molar-refractivity contribution in [3.8, 4) is 16.9 Å². The van der Waals surface area contributed by atoms with Gasteiger partial charge in [0.1, 0.15) is 11.6 Å². The largest absolute Gasteiger partial charge is 0.493 e. The fourth-order valence-electron chi connectivity index (χ4n) is 4.37. The van der Waals surface area contributed by atoms with E-state index >= 15 is 4.39 Å². The first-order chi connectivity index (χ1) is 14.0. The van der Waals surface area contributed by atoms with Crippen molar-refractivity contribution < 1.29 is 19.0 Å². The molecule has 0 atom stereocenters. The molecule has 0 spiro atoms. The van der Waals surface area contributed by atoms with Crippen LogP contribution in [0.5, 0.6) is 5.75 Å². The summed E-state index contributed by atoms with van der Waals surface area (Å²) in [6.07, 6.45) is 2.34. The number of hydrogen-bond acceptors (Lipinski definition) is 3. The smallest absolute Gasteiger partial charge is 0.307 e. The van der Waals surface area contributed by atoms with E-state index in [1.54, 1.807) is 12.3 Å². The zero-order valence-corrected chi connectivity index (χ0v) is 15.8. The molecule has 0 fully saturated rings. The second kappa shape index (κ2) is 6.55. The lowest BCUT2D eigenvalue weighted by Gasteiger charge is -2.21. The summed E-state index contributed by atoms with van der Waals surface area (Å²) in [6.45, 7) is 2.48. The van der Waals surface area contributed by atoms with Crippen LogP contribution in [-0.2, 0) is 17.6 Å². The van der Waals surface area contributed by atoms with Crippen molar-refractivity contribution in [3.05, 3.63) is 71.2 Å². The molecule has 5 heteroatoms. The summed E-state index contributed by atoms with van der Waals surface area (Å²) in [5.74, 6) is -0.569. The van der Waals surface area contributed by atoms with Crippen LogP contribution in [0.1, 0.15) is 16.7 Å². The van der Waals surface area contributed by atoms with E-state index in [-0.39, 0.29) is 12.2 Å². The highest BCUT2D eigenvalue weighted by molar-refractivity contribution is 6.08. The van der Waals surface area contributed by atoms with Gasteiger partial charge in [0.2, 0.25) is 0 Å². The lowest BCUT2D eigenvalue weighted by atomic mass is 9.86. The maximum absolute atomic E-state index is 15.0. The predicted molar refractivity (Wildman–Crippen MR) is 110 cm³/mol. The molecule has 0 aliphatic carbocycles. The number of nitrogens with zero attached hydrogens (tertiary/aromatic N) is 1. The minimum absolute atomic E-state index is 0.190. The van der Waals surface area contributed by atoms with E-state index in [9.17, 15) is 9.90 Å². The van der Waals surface area contributed by atoms with E-state index in [1.807, 2.05) is 37.3 Å². The molecule has 1 aliphatic heterocycles. The molecule has 5 rings (SSSR count). The molecule has 2 heterocycles. The van der Waals surface area contributed by atoms with Crippen molar-refractivity contribution in [1.82, 2.24) is 4.98 Å². The SMILES string of the molecule is Cc1cc2cccc(F)c2c(-c2ccc3c4c(ccnc24)CCO3)c1CC(=O)O. The molecule has 0 radical (unpaired) electrons. The molecule has 0 saturated heterocycles. The van der Waals surface area contributed by atoms with E-state index < -0.39 is 5.97 Å². The van der Waals surface area contributed by atoms with Crippen LogP contribution >= 0.6 is 0 Å². The third-order valence-corrected chi connectivity index (χ3v) is 5.61. The fraction of sp³-hybridized carbons (Fsp3) is 0.167. The van der Waals surface area contributed by atoms with E-state index in [0.29, 0.717) is 28.6 Å². The van der Waals surface area contributed by atoms with Crippen LogP contribution in [0.3, 0.4) is 0 Å². The summed E-state index contributed by atoms with van der Waals surface area (Å²) >= 11 is 0. The first-order valence-electron chi connectivity index (χ1n) is 9.51. The number of halogens is 1. The molecule has 4 nitrogen and oxygen atoms in total. The Hall–Kier alpha value is -3.47. The maximum atomic E-state index is 15.0. The Balaban J connectivity index is 1.96. The van der Waals surface area contributed by atoms with Crippen LogP contribution in [0.2, 0.25) is 0 Å². The third kappa shape index (κ3) is 2.73. The number of aromatic nitrogens is 1. The Morgan fingerprint density at radius 3 is 2.90 bits per heavy atom. The number of rotatable bonds is 3. The van der Waals surface area contributed by atoms with Gasteiger partial charge in [-0.3, -0.25) is 9.78 Å². The minimum Gasteiger partial charge on any atom is -0.493 e. The van der Waals surface area contributed by atoms with Crippen LogP contribution in [0.4, 0.5) is 4.39 Å². The van der Waals surface area contributed by atoms with Gasteiger partial charge in [-0.2, -0.15) is 0 Å². The number of aryl methyl sites for hydroxylation is 1. The summed E-state index contributed by atoms with van der Waals surface area (Å²) < 4.78 is 20.8. The van der Waals surface area contributed by atoms with E-state index in [0.717, 1.165) is 39.6 Å². The fourth-order valence-corrected chi connectivity index (χ4v) is 4.37. The number of carbonyl (C=O) groups is 1. The van der Waals surface area contributed by atoms with Gasteiger partial charge in [-0.25, -0.2) is 4.39 Å². The number of carboxylic acid groups (broad SMARTS) is 1. The Labute approximate surface area is 166 Å². The Bertz CT molecular complexity index is 1300. The van der Waals surface area contributed by atoms with Gasteiger partial charge in [0.25, 0.3) is 0 Å². The van der Waals surface area contributed by atoms with Crippen molar-refractivity contribution in [1.29, 1.82) is 0 Å². The topological polar surface area (TPSA) is 59.4 Å². The molecule has 1 aromatic heterocycles. The molecular weight excluding hydrogens is 369 g/mol. The monoisotopic (exact) mass is 387 g/mol. The standard InChI is InChI=1S/C24H18FNO3/c1-13-11-15-3-2-4-18(25)21(15)23(17(13)12-20(27)28)16-5-6-19-22-14(8-10-29-19)7-9-26-24(16)22/h2-7,9,11H,8,10,12H2,1H3,(H,27,28). The molecule has 0 bridgehead atoms. The van der Waals surface area contributed by atoms with Crippen LogP contribution in [0.25, 0.3) is 32.8 Å². The van der Waals surface area contributed by atoms with Crippen molar-refractivity contribution in [2.45, 2.75) is 19.8 Å². The Kier molecular flexibility index (Phi) is 3.98. The predicted octanol–water partition coefficient (Wildman–Crippen LogP) is 5.06. The van der Waals surface area contributed by atoms with Gasteiger partial charge in [-0.15, -0.1) is 0 Å². The lowest BCUT2D eigenvalue weighted by molar-refractivity contribution is -0.136. The lowest BCUT2D eigenvalue weighted by Crippen LogP contribution is -2.10. The third-order valence-electron chi connectivity index (χ3n) is 5.61. The van der Waals surface area contributed by atoms with Gasteiger partial charge < -0.3 is 9.84 Å². The Morgan fingerprint density at radius 1 is 1.21 bits per heavy atom. The number of carboxylic acids is 1. The first-order valence-corrected chi connectivity index (χ1v) is 9.51. The summed E-state index contributed by atoms with van der Waals surface area (Å²) in [7, 11) is 0. The zero-order chi connectivity index (χ0) is 20.1. The molecule has 1 aliphatic rings. The number of benzene rings is 3. The summed E-state index contributed by atoms with van der Waals surface area (Å²) in [5.41, 5.74) is 4.59. The summed E-state index contributed by atoms with van der Waals surface area (Å²) in [4.78, 5) is 16.2. The second-order valence-corrected chi connectivity index (χ2v) is 7.36. The van der Waals surface area contributed by atoms with Crippen molar-refractivity contribution in [2.24, 2.45) is 0 Å². The van der Waals surface area contributed by atoms with Crippen LogP contribution < -0.4 is 4.74 Å². The van der Waals surface area contributed by atoms with E-state index in [4.69, 9.17) is 4.74 Å². The van der Waals surface area contributed by atoms with E-state index in [2.05, 4.69) is 4.98 Å². The number of hydrogen-bond donors (Lipinski definition) is 1. The Morgan fingerprint density at radius 2 is 2.07 bits per heavy atom. The molecule has 29 heavy (non-hydrogen) atoms. The minimum atomic E-state index is -0.955. The number of pyridine rings is 1. The first kappa shape index (κ1) is 17.6. The maximum Gasteiger partial charge on any atom is 0.307 e. The van der Waals surface area contributed by atoms with Gasteiger partial charge in [0.15, 0.2) is 0 Å². The zero-order valence-electron chi connectivity index (χ0n) is 15.8. The molecule has 3 aromatic carbocycles. The van der Waals surface area contributed by atoms with Crippen LogP contribution in [0.15, 0.2) is 48.7 Å². The van der Waals surface area contributed by atoms with Crippen molar-refractivity contribution >= 4 is 27.6 Å². The van der Waals surface area contributed by atoms with Gasteiger partial charge in [-0.1, -0.05) is 18.2 Å². The summed E-state index contributed by atoms with van der Waals surface area (Å²) in [6, 6.07) is 12.5. The van der Waals surface area contributed by atoms with Crippen molar-refractivity contribution in [3.63, 3.8) is 0 Å². The molecule has 1 N–H and O–H groups in total. The molecule has 4 aromatic rings. The normalized spacial score (nSPS) is 12.9. The molecule has 0 unspecified atom stereocenters. The van der Waals surface area contributed by atoms with Crippen LogP contribution in [-0.4, -0.2) is 22.7 Å². The number of aliphatic carboxylic acids is 1. The van der Waals surface area contributed by atoms with Gasteiger partial charge in [-0.05, 0) is 58.8 Å². The van der Waals surface area contributed by atoms with Gasteiger partial charge >= 0.3 is 5.97 Å². The average Bonchev–Trinajstić information content (AvgIpc) is 2.70. The molecular formula is C24H18FNO3. The average molecular weight is 387 g/mol. The quantitative estimate of drug-likeness (QED) is 0.534. The van der Waals surface area contributed by atoms with E-state index in [1.165, 1.54) is 6.07 Å². The summed E-state index contributed by atoms with van der Waals surface area (Å²) in [5, 5.41) is 11.6. The second-order valence-electron chi connectivity index (χ2n) is 7.36. The molecule has 0 amide bonds. The van der Waals surface area contributed by atoms with Crippen LogP contribution in [0, 0.1) is 12.7 Å². The highest BCUT2D eigenvalue weighted by Crippen LogP contribution is 2.42. The van der Waals surface area contributed by atoms with Crippen molar-refractivity contribution in [2.75, 3.05) is 6.61 Å².